The molecule has 3 heterocycles. The van der Waals surface area contributed by atoms with E-state index in [0.717, 1.165) is 26.9 Å². The molecule has 0 amide bonds. The summed E-state index contributed by atoms with van der Waals surface area (Å²) in [6, 6.07) is 3.75. The summed E-state index contributed by atoms with van der Waals surface area (Å²) in [5, 5.41) is 0. The topological polar surface area (TPSA) is 61.0 Å². The van der Waals surface area contributed by atoms with E-state index in [1.807, 2.05) is 12.1 Å². The molecule has 0 atom stereocenters. The van der Waals surface area contributed by atoms with E-state index in [2.05, 4.69) is 9.97 Å². The van der Waals surface area contributed by atoms with Gasteiger partial charge < -0.3 is 10.5 Å². The Balaban J connectivity index is 2.10. The standard InChI is InChI=1S/C11H10ClN3OS/c12-9-2-1-8(17-9)11-14-7-3-4-16-5-6(7)10(13)15-11/h1-2H,3-5H2,(H2,13,14,15). The fraction of sp³-hybridized carbons (Fsp3) is 0.273. The highest BCUT2D eigenvalue weighted by molar-refractivity contribution is 7.19. The Bertz CT molecular complexity index is 570. The first kappa shape index (κ1) is 11.0. The predicted octanol–water partition coefficient (Wildman–Crippen LogP) is 2.51. The third-order valence-electron chi connectivity index (χ3n) is 2.65. The maximum absolute atomic E-state index is 5.93. The van der Waals surface area contributed by atoms with E-state index in [0.29, 0.717) is 24.9 Å². The maximum atomic E-state index is 5.93. The second kappa shape index (κ2) is 4.25. The van der Waals surface area contributed by atoms with Crippen molar-refractivity contribution in [2.75, 3.05) is 12.3 Å². The van der Waals surface area contributed by atoms with E-state index in [4.69, 9.17) is 22.1 Å². The molecule has 0 fully saturated rings. The van der Waals surface area contributed by atoms with E-state index in [1.165, 1.54) is 11.3 Å². The molecule has 2 aromatic heterocycles. The van der Waals surface area contributed by atoms with E-state index < -0.39 is 0 Å². The van der Waals surface area contributed by atoms with Gasteiger partial charge in [0.25, 0.3) is 0 Å². The Labute approximate surface area is 107 Å². The van der Waals surface area contributed by atoms with Crippen molar-refractivity contribution in [2.24, 2.45) is 0 Å². The largest absolute Gasteiger partial charge is 0.383 e. The van der Waals surface area contributed by atoms with Crippen molar-refractivity contribution in [1.82, 2.24) is 9.97 Å². The summed E-state index contributed by atoms with van der Waals surface area (Å²) in [5.41, 5.74) is 7.84. The summed E-state index contributed by atoms with van der Waals surface area (Å²) in [4.78, 5) is 9.79. The van der Waals surface area contributed by atoms with Gasteiger partial charge in [0.05, 0.1) is 28.1 Å². The van der Waals surface area contributed by atoms with Crippen LogP contribution in [0.15, 0.2) is 12.1 Å². The van der Waals surface area contributed by atoms with Gasteiger partial charge in [0, 0.05) is 12.0 Å². The first-order chi connectivity index (χ1) is 8.24. The number of aromatic nitrogens is 2. The fourth-order valence-electron chi connectivity index (χ4n) is 1.80. The van der Waals surface area contributed by atoms with Crippen LogP contribution >= 0.6 is 22.9 Å². The molecule has 0 saturated carbocycles. The first-order valence-corrected chi connectivity index (χ1v) is 6.42. The zero-order chi connectivity index (χ0) is 11.8. The quantitative estimate of drug-likeness (QED) is 0.862. The molecule has 1 aliphatic heterocycles. The van der Waals surface area contributed by atoms with Gasteiger partial charge in [-0.1, -0.05) is 11.6 Å². The van der Waals surface area contributed by atoms with Crippen molar-refractivity contribution in [3.05, 3.63) is 27.7 Å². The maximum Gasteiger partial charge on any atom is 0.171 e. The number of nitrogens with zero attached hydrogens (tertiary/aromatic N) is 2. The first-order valence-electron chi connectivity index (χ1n) is 5.23. The third kappa shape index (κ3) is 2.01. The lowest BCUT2D eigenvalue weighted by Crippen LogP contribution is -2.15. The van der Waals surface area contributed by atoms with Crippen LogP contribution in [0.1, 0.15) is 11.3 Å². The average molecular weight is 268 g/mol. The lowest BCUT2D eigenvalue weighted by molar-refractivity contribution is 0.109. The Hall–Kier alpha value is -1.17. The molecule has 0 unspecified atom stereocenters. The fourth-order valence-corrected chi connectivity index (χ4v) is 2.78. The highest BCUT2D eigenvalue weighted by Gasteiger charge is 2.17. The van der Waals surface area contributed by atoms with Crippen molar-refractivity contribution in [2.45, 2.75) is 13.0 Å². The molecule has 0 aliphatic carbocycles. The van der Waals surface area contributed by atoms with Gasteiger partial charge >= 0.3 is 0 Å². The number of nitrogens with two attached hydrogens (primary N) is 1. The number of thiophene rings is 1. The number of anilines is 1. The second-order valence-corrected chi connectivity index (χ2v) is 5.48. The normalized spacial score (nSPS) is 14.6. The van der Waals surface area contributed by atoms with Crippen LogP contribution in [-0.2, 0) is 17.8 Å². The van der Waals surface area contributed by atoms with Crippen molar-refractivity contribution in [3.63, 3.8) is 0 Å². The zero-order valence-corrected chi connectivity index (χ0v) is 10.5. The molecular formula is C11H10ClN3OS. The second-order valence-electron chi connectivity index (χ2n) is 3.76. The van der Waals surface area contributed by atoms with Gasteiger partial charge in [-0.25, -0.2) is 9.97 Å². The van der Waals surface area contributed by atoms with Crippen molar-refractivity contribution < 1.29 is 4.74 Å². The minimum absolute atomic E-state index is 0.507. The number of ether oxygens (including phenoxy) is 1. The molecule has 0 bridgehead atoms. The van der Waals surface area contributed by atoms with Crippen LogP contribution in [-0.4, -0.2) is 16.6 Å². The Morgan fingerprint density at radius 3 is 3.00 bits per heavy atom. The highest BCUT2D eigenvalue weighted by Crippen LogP contribution is 2.31. The molecule has 2 N–H and O–H groups in total. The smallest absolute Gasteiger partial charge is 0.171 e. The molecule has 88 valence electrons. The third-order valence-corrected chi connectivity index (χ3v) is 3.88. The van der Waals surface area contributed by atoms with Crippen LogP contribution in [0.2, 0.25) is 4.34 Å². The lowest BCUT2D eigenvalue weighted by atomic mass is 10.1. The van der Waals surface area contributed by atoms with Crippen LogP contribution in [0.4, 0.5) is 5.82 Å². The molecule has 0 saturated heterocycles. The highest BCUT2D eigenvalue weighted by atomic mass is 35.5. The van der Waals surface area contributed by atoms with E-state index >= 15 is 0 Å². The number of hydrogen-bond acceptors (Lipinski definition) is 5. The summed E-state index contributed by atoms with van der Waals surface area (Å²) in [5.74, 6) is 1.16. The van der Waals surface area contributed by atoms with Gasteiger partial charge in [-0.3, -0.25) is 0 Å². The average Bonchev–Trinajstić information content (AvgIpc) is 2.76. The number of nitrogen functional groups attached to an aromatic ring is 1. The SMILES string of the molecule is Nc1nc(-c2ccc(Cl)s2)nc2c1COCC2. The van der Waals surface area contributed by atoms with E-state index in [9.17, 15) is 0 Å². The summed E-state index contributed by atoms with van der Waals surface area (Å²) >= 11 is 7.36. The molecule has 1 aliphatic rings. The summed E-state index contributed by atoms with van der Waals surface area (Å²) in [6.07, 6.45) is 0.786. The monoisotopic (exact) mass is 267 g/mol. The molecule has 3 rings (SSSR count). The predicted molar refractivity (Wildman–Crippen MR) is 68.1 cm³/mol. The van der Waals surface area contributed by atoms with Gasteiger partial charge in [0.15, 0.2) is 5.82 Å². The van der Waals surface area contributed by atoms with Crippen LogP contribution < -0.4 is 5.73 Å². The summed E-state index contributed by atoms with van der Waals surface area (Å²) in [6.45, 7) is 1.20. The van der Waals surface area contributed by atoms with Gasteiger partial charge in [0.1, 0.15) is 5.82 Å². The molecule has 17 heavy (non-hydrogen) atoms. The van der Waals surface area contributed by atoms with E-state index in [1.54, 1.807) is 0 Å². The minimum Gasteiger partial charge on any atom is -0.383 e. The summed E-state index contributed by atoms with van der Waals surface area (Å²) in [7, 11) is 0. The molecule has 0 spiro atoms. The zero-order valence-electron chi connectivity index (χ0n) is 8.94. The van der Waals surface area contributed by atoms with E-state index in [-0.39, 0.29) is 0 Å². The van der Waals surface area contributed by atoms with Crippen LogP contribution in [0.3, 0.4) is 0 Å². The molecule has 6 heteroatoms. The molecule has 0 aromatic carbocycles. The Kier molecular flexibility index (Phi) is 2.74. The Morgan fingerprint density at radius 2 is 2.24 bits per heavy atom. The van der Waals surface area contributed by atoms with Crippen molar-refractivity contribution in [1.29, 1.82) is 0 Å². The molecule has 2 aromatic rings. The van der Waals surface area contributed by atoms with Gasteiger partial charge in [0.2, 0.25) is 0 Å². The van der Waals surface area contributed by atoms with Gasteiger partial charge in [-0.2, -0.15) is 0 Å². The van der Waals surface area contributed by atoms with Crippen molar-refractivity contribution >= 4 is 28.8 Å². The number of rotatable bonds is 1. The molecular weight excluding hydrogens is 258 g/mol. The van der Waals surface area contributed by atoms with Crippen LogP contribution in [0.5, 0.6) is 0 Å². The number of halogens is 1. The number of fused-ring (bicyclic) bond motifs is 1. The lowest BCUT2D eigenvalue weighted by Gasteiger charge is -2.17. The molecule has 0 radical (unpaired) electrons. The summed E-state index contributed by atoms with van der Waals surface area (Å²) < 4.78 is 6.07. The molecule has 4 nitrogen and oxygen atoms in total. The van der Waals surface area contributed by atoms with Crippen LogP contribution in [0, 0.1) is 0 Å². The Morgan fingerprint density at radius 1 is 1.35 bits per heavy atom. The van der Waals surface area contributed by atoms with Crippen LogP contribution in [0.25, 0.3) is 10.7 Å². The van der Waals surface area contributed by atoms with Gasteiger partial charge in [-0.15, -0.1) is 11.3 Å². The van der Waals surface area contributed by atoms with Gasteiger partial charge in [-0.05, 0) is 12.1 Å². The van der Waals surface area contributed by atoms with Crippen molar-refractivity contribution in [3.8, 4) is 10.7 Å². The number of hydrogen-bond donors (Lipinski definition) is 1. The minimum atomic E-state index is 0.507.